The Morgan fingerprint density at radius 1 is 1.28 bits per heavy atom. The van der Waals surface area contributed by atoms with Gasteiger partial charge in [-0.1, -0.05) is 29.8 Å². The summed E-state index contributed by atoms with van der Waals surface area (Å²) in [7, 11) is 1.51. The lowest BCUT2D eigenvalue weighted by Crippen LogP contribution is -2.13. The van der Waals surface area contributed by atoms with Crippen LogP contribution in [-0.4, -0.2) is 19.6 Å². The first-order chi connectivity index (χ1) is 12.1. The number of carbonyl (C=O) groups excluding carboxylic acids is 1. The molecule has 6 heteroatoms. The molecule has 0 saturated carbocycles. The van der Waals surface area contributed by atoms with Crippen molar-refractivity contribution in [1.29, 1.82) is 5.26 Å². The molecule has 2 aromatic carbocycles. The van der Waals surface area contributed by atoms with E-state index in [-0.39, 0.29) is 5.57 Å². The fourth-order valence-corrected chi connectivity index (χ4v) is 2.32. The molecule has 0 spiro atoms. The second-order valence-electron chi connectivity index (χ2n) is 4.95. The topological polar surface area (TPSA) is 71.3 Å². The zero-order valence-electron chi connectivity index (χ0n) is 13.9. The van der Waals surface area contributed by atoms with Crippen LogP contribution in [0, 0.1) is 11.3 Å². The molecular formula is C19H17ClN2O3. The third kappa shape index (κ3) is 4.75. The van der Waals surface area contributed by atoms with Crippen molar-refractivity contribution < 1.29 is 14.3 Å². The highest BCUT2D eigenvalue weighted by Gasteiger charge is 2.13. The molecule has 2 aromatic rings. The first-order valence-corrected chi connectivity index (χ1v) is 7.95. The van der Waals surface area contributed by atoms with E-state index < -0.39 is 5.91 Å². The number of hydrogen-bond acceptors (Lipinski definition) is 4. The molecule has 1 N–H and O–H groups in total. The standard InChI is InChI=1S/C19H17ClN2O3/c1-3-25-18-11-16(20)13(10-17(18)24-2)9-14(12-21)19(23)22-15-7-5-4-6-8-15/h4-11H,3H2,1-2H3,(H,22,23)/b14-9+. The molecule has 0 unspecified atom stereocenters. The van der Waals surface area contributed by atoms with E-state index in [0.717, 1.165) is 0 Å². The van der Waals surface area contributed by atoms with Crippen LogP contribution in [0.2, 0.25) is 5.02 Å². The lowest BCUT2D eigenvalue weighted by Gasteiger charge is -2.11. The second kappa shape index (κ2) is 8.76. The molecule has 128 valence electrons. The Kier molecular flexibility index (Phi) is 6.44. The van der Waals surface area contributed by atoms with Crippen molar-refractivity contribution in [3.8, 4) is 17.6 Å². The summed E-state index contributed by atoms with van der Waals surface area (Å²) in [6.07, 6.45) is 1.42. The number of anilines is 1. The summed E-state index contributed by atoms with van der Waals surface area (Å²) in [6.45, 7) is 2.31. The van der Waals surface area contributed by atoms with Crippen LogP contribution in [0.3, 0.4) is 0 Å². The maximum Gasteiger partial charge on any atom is 0.266 e. The SMILES string of the molecule is CCOc1cc(Cl)c(/C=C(\C#N)C(=O)Nc2ccccc2)cc1OC. The Morgan fingerprint density at radius 3 is 2.60 bits per heavy atom. The summed E-state index contributed by atoms with van der Waals surface area (Å²) in [5.41, 5.74) is 1.02. The Bertz CT molecular complexity index is 827. The summed E-state index contributed by atoms with van der Waals surface area (Å²) in [4.78, 5) is 12.3. The first kappa shape index (κ1) is 18.4. The predicted molar refractivity (Wildman–Crippen MR) is 97.8 cm³/mol. The summed E-state index contributed by atoms with van der Waals surface area (Å²) in [5.74, 6) is 0.454. The van der Waals surface area contributed by atoms with E-state index in [0.29, 0.717) is 34.4 Å². The molecule has 0 aliphatic carbocycles. The number of hydrogen-bond donors (Lipinski definition) is 1. The van der Waals surface area contributed by atoms with E-state index in [2.05, 4.69) is 5.32 Å². The highest BCUT2D eigenvalue weighted by molar-refractivity contribution is 6.32. The third-order valence-electron chi connectivity index (χ3n) is 3.28. The molecule has 0 aliphatic rings. The quantitative estimate of drug-likeness (QED) is 0.619. The van der Waals surface area contributed by atoms with Crippen LogP contribution < -0.4 is 14.8 Å². The third-order valence-corrected chi connectivity index (χ3v) is 3.61. The molecule has 25 heavy (non-hydrogen) atoms. The average molecular weight is 357 g/mol. The van der Waals surface area contributed by atoms with Gasteiger partial charge in [0.05, 0.1) is 18.7 Å². The molecule has 0 fully saturated rings. The predicted octanol–water partition coefficient (Wildman–Crippen LogP) is 4.29. The fourth-order valence-electron chi connectivity index (χ4n) is 2.11. The van der Waals surface area contributed by atoms with Crippen LogP contribution in [0.5, 0.6) is 11.5 Å². The van der Waals surface area contributed by atoms with Crippen LogP contribution in [-0.2, 0) is 4.79 Å². The zero-order chi connectivity index (χ0) is 18.2. The van der Waals surface area contributed by atoms with Gasteiger partial charge in [0.2, 0.25) is 0 Å². The summed E-state index contributed by atoms with van der Waals surface area (Å²) >= 11 is 6.24. The number of carbonyl (C=O) groups is 1. The van der Waals surface area contributed by atoms with Gasteiger partial charge in [-0.05, 0) is 36.8 Å². The largest absolute Gasteiger partial charge is 0.493 e. The van der Waals surface area contributed by atoms with Crippen molar-refractivity contribution in [3.05, 3.63) is 58.6 Å². The number of ether oxygens (including phenoxy) is 2. The van der Waals surface area contributed by atoms with E-state index in [4.69, 9.17) is 21.1 Å². The zero-order valence-corrected chi connectivity index (χ0v) is 14.6. The van der Waals surface area contributed by atoms with E-state index in [1.165, 1.54) is 13.2 Å². The van der Waals surface area contributed by atoms with Gasteiger partial charge >= 0.3 is 0 Å². The fraction of sp³-hybridized carbons (Fsp3) is 0.158. The van der Waals surface area contributed by atoms with Gasteiger partial charge in [-0.25, -0.2) is 0 Å². The lowest BCUT2D eigenvalue weighted by atomic mass is 10.1. The number of benzene rings is 2. The van der Waals surface area contributed by atoms with Crippen molar-refractivity contribution in [2.75, 3.05) is 19.0 Å². The maximum atomic E-state index is 12.3. The number of amides is 1. The molecule has 2 rings (SSSR count). The van der Waals surface area contributed by atoms with Crippen molar-refractivity contribution >= 4 is 29.3 Å². The van der Waals surface area contributed by atoms with Crippen LogP contribution in [0.25, 0.3) is 6.08 Å². The number of nitrogens with zero attached hydrogens (tertiary/aromatic N) is 1. The molecular weight excluding hydrogens is 340 g/mol. The highest BCUT2D eigenvalue weighted by Crippen LogP contribution is 2.34. The van der Waals surface area contributed by atoms with Gasteiger partial charge in [-0.3, -0.25) is 4.79 Å². The van der Waals surface area contributed by atoms with E-state index in [1.807, 2.05) is 19.1 Å². The average Bonchev–Trinajstić information content (AvgIpc) is 2.62. The van der Waals surface area contributed by atoms with Crippen molar-refractivity contribution in [1.82, 2.24) is 0 Å². The minimum absolute atomic E-state index is 0.0723. The molecule has 0 atom stereocenters. The first-order valence-electron chi connectivity index (χ1n) is 7.57. The number of halogens is 1. The van der Waals surface area contributed by atoms with Gasteiger partial charge in [0.25, 0.3) is 5.91 Å². The minimum Gasteiger partial charge on any atom is -0.493 e. The number of methoxy groups -OCH3 is 1. The molecule has 0 radical (unpaired) electrons. The molecule has 5 nitrogen and oxygen atoms in total. The summed E-state index contributed by atoms with van der Waals surface area (Å²) in [5, 5.41) is 12.3. The second-order valence-corrected chi connectivity index (χ2v) is 5.35. The number of nitrogens with one attached hydrogen (secondary N) is 1. The molecule has 0 aliphatic heterocycles. The van der Waals surface area contributed by atoms with E-state index in [9.17, 15) is 10.1 Å². The van der Waals surface area contributed by atoms with Gasteiger partial charge in [0.1, 0.15) is 11.6 Å². The van der Waals surface area contributed by atoms with Gasteiger partial charge < -0.3 is 14.8 Å². The van der Waals surface area contributed by atoms with Crippen molar-refractivity contribution in [3.63, 3.8) is 0 Å². The molecule has 0 saturated heterocycles. The molecule has 0 aromatic heterocycles. The molecule has 0 bridgehead atoms. The lowest BCUT2D eigenvalue weighted by molar-refractivity contribution is -0.112. The maximum absolute atomic E-state index is 12.3. The van der Waals surface area contributed by atoms with Gasteiger partial charge in [-0.2, -0.15) is 5.26 Å². The molecule has 0 heterocycles. The summed E-state index contributed by atoms with van der Waals surface area (Å²) < 4.78 is 10.7. The van der Waals surface area contributed by atoms with E-state index >= 15 is 0 Å². The number of rotatable bonds is 6. The Hall–Kier alpha value is -2.97. The Labute approximate surface area is 151 Å². The molecule has 1 amide bonds. The monoisotopic (exact) mass is 356 g/mol. The van der Waals surface area contributed by atoms with Crippen LogP contribution in [0.1, 0.15) is 12.5 Å². The minimum atomic E-state index is -0.516. The number of para-hydroxylation sites is 1. The van der Waals surface area contributed by atoms with Crippen LogP contribution >= 0.6 is 11.6 Å². The Balaban J connectivity index is 2.32. The van der Waals surface area contributed by atoms with Crippen molar-refractivity contribution in [2.45, 2.75) is 6.92 Å². The van der Waals surface area contributed by atoms with Gasteiger partial charge in [0.15, 0.2) is 11.5 Å². The van der Waals surface area contributed by atoms with Crippen molar-refractivity contribution in [2.24, 2.45) is 0 Å². The normalized spacial score (nSPS) is 10.7. The van der Waals surface area contributed by atoms with Crippen LogP contribution in [0.4, 0.5) is 5.69 Å². The number of nitriles is 1. The summed E-state index contributed by atoms with van der Waals surface area (Å²) in [6, 6.07) is 14.0. The highest BCUT2D eigenvalue weighted by atomic mass is 35.5. The smallest absolute Gasteiger partial charge is 0.266 e. The van der Waals surface area contributed by atoms with Gasteiger partial charge in [-0.15, -0.1) is 0 Å². The van der Waals surface area contributed by atoms with E-state index in [1.54, 1.807) is 36.4 Å². The van der Waals surface area contributed by atoms with Gasteiger partial charge in [0, 0.05) is 11.8 Å². The Morgan fingerprint density at radius 2 is 2.00 bits per heavy atom. The van der Waals surface area contributed by atoms with Crippen LogP contribution in [0.15, 0.2) is 48.0 Å².